The fourth-order valence-corrected chi connectivity index (χ4v) is 5.95. The molecule has 2 aliphatic heterocycles. The fourth-order valence-electron chi connectivity index (χ4n) is 4.48. The molecular weight excluding hydrogens is 266 g/mol. The summed E-state index contributed by atoms with van der Waals surface area (Å²) in [5, 5.41) is 0. The zero-order chi connectivity index (χ0) is 14.2. The number of hydrogen-bond acceptors (Lipinski definition) is 4. The molecule has 2 N–H and O–H groups in total. The summed E-state index contributed by atoms with van der Waals surface area (Å²) in [5.41, 5.74) is 6.94. The van der Waals surface area contributed by atoms with Crippen LogP contribution in [-0.4, -0.2) is 40.5 Å². The van der Waals surface area contributed by atoms with Crippen LogP contribution in [0.2, 0.25) is 0 Å². The van der Waals surface area contributed by atoms with Crippen molar-refractivity contribution in [1.82, 2.24) is 4.90 Å². The summed E-state index contributed by atoms with van der Waals surface area (Å²) in [4.78, 5) is 7.23. The lowest BCUT2D eigenvalue weighted by Gasteiger charge is -2.50. The lowest BCUT2D eigenvalue weighted by atomic mass is 9.78. The maximum Gasteiger partial charge on any atom is 0.192 e. The minimum Gasteiger partial charge on any atom is -0.370 e. The number of guanidine groups is 1. The number of aliphatic imine (C=N–C) groups is 1. The Morgan fingerprint density at radius 3 is 2.50 bits per heavy atom. The van der Waals surface area contributed by atoms with Crippen LogP contribution in [0.1, 0.15) is 58.8 Å². The minimum absolute atomic E-state index is 0.214. The SMILES string of the molecule is CC1(C)CSCC2(CN=C(N)N2C2CCCCCC2)C1. The van der Waals surface area contributed by atoms with E-state index in [-0.39, 0.29) is 5.54 Å². The average Bonchev–Trinajstić information content (AvgIpc) is 2.57. The van der Waals surface area contributed by atoms with E-state index in [1.54, 1.807) is 0 Å². The second kappa shape index (κ2) is 5.43. The van der Waals surface area contributed by atoms with E-state index in [9.17, 15) is 0 Å². The Bertz CT molecular complexity index is 385. The summed E-state index contributed by atoms with van der Waals surface area (Å²) in [7, 11) is 0. The summed E-state index contributed by atoms with van der Waals surface area (Å²) in [5.74, 6) is 3.31. The lowest BCUT2D eigenvalue weighted by Crippen LogP contribution is -2.60. The van der Waals surface area contributed by atoms with Gasteiger partial charge in [0.25, 0.3) is 0 Å². The molecule has 0 radical (unpaired) electrons. The molecule has 3 nitrogen and oxygen atoms in total. The molecular formula is C16H29N3S. The van der Waals surface area contributed by atoms with Gasteiger partial charge in [0.05, 0.1) is 12.1 Å². The maximum atomic E-state index is 6.32. The molecule has 1 spiro atoms. The van der Waals surface area contributed by atoms with Gasteiger partial charge in [-0.1, -0.05) is 39.5 Å². The summed E-state index contributed by atoms with van der Waals surface area (Å²) in [6.45, 7) is 5.73. The predicted molar refractivity (Wildman–Crippen MR) is 88.3 cm³/mol. The van der Waals surface area contributed by atoms with Crippen molar-refractivity contribution in [2.75, 3.05) is 18.1 Å². The Kier molecular flexibility index (Phi) is 3.95. The molecule has 1 saturated heterocycles. The molecule has 1 atom stereocenters. The van der Waals surface area contributed by atoms with E-state index in [2.05, 4.69) is 35.5 Å². The van der Waals surface area contributed by atoms with Gasteiger partial charge in [0.15, 0.2) is 5.96 Å². The van der Waals surface area contributed by atoms with Gasteiger partial charge in [0.1, 0.15) is 0 Å². The van der Waals surface area contributed by atoms with E-state index in [0.717, 1.165) is 12.5 Å². The highest BCUT2D eigenvalue weighted by Gasteiger charge is 2.50. The third kappa shape index (κ3) is 2.68. The van der Waals surface area contributed by atoms with E-state index in [1.165, 1.54) is 56.5 Å². The van der Waals surface area contributed by atoms with E-state index in [4.69, 9.17) is 5.73 Å². The summed E-state index contributed by atoms with van der Waals surface area (Å²) >= 11 is 2.10. The number of rotatable bonds is 1. The first-order valence-electron chi connectivity index (χ1n) is 8.20. The Morgan fingerprint density at radius 2 is 1.85 bits per heavy atom. The monoisotopic (exact) mass is 295 g/mol. The van der Waals surface area contributed by atoms with Crippen molar-refractivity contribution in [3.05, 3.63) is 0 Å². The van der Waals surface area contributed by atoms with Crippen molar-refractivity contribution in [2.45, 2.75) is 70.4 Å². The first-order valence-corrected chi connectivity index (χ1v) is 9.35. The second-order valence-corrected chi connectivity index (χ2v) is 8.73. The lowest BCUT2D eigenvalue weighted by molar-refractivity contribution is 0.104. The minimum atomic E-state index is 0.214. The van der Waals surface area contributed by atoms with Crippen molar-refractivity contribution in [1.29, 1.82) is 0 Å². The quantitative estimate of drug-likeness (QED) is 0.755. The number of hydrogen-bond donors (Lipinski definition) is 1. The average molecular weight is 295 g/mol. The molecule has 2 fully saturated rings. The summed E-state index contributed by atoms with van der Waals surface area (Å²) in [6.07, 6.45) is 9.38. The molecule has 0 bridgehead atoms. The van der Waals surface area contributed by atoms with Crippen LogP contribution in [0.5, 0.6) is 0 Å². The maximum absolute atomic E-state index is 6.32. The molecule has 1 unspecified atom stereocenters. The number of thioether (sulfide) groups is 1. The van der Waals surface area contributed by atoms with Crippen molar-refractivity contribution >= 4 is 17.7 Å². The Morgan fingerprint density at radius 1 is 1.15 bits per heavy atom. The molecule has 0 aromatic carbocycles. The van der Waals surface area contributed by atoms with Crippen LogP contribution in [0.25, 0.3) is 0 Å². The zero-order valence-corrected chi connectivity index (χ0v) is 13.8. The topological polar surface area (TPSA) is 41.6 Å². The summed E-state index contributed by atoms with van der Waals surface area (Å²) in [6, 6.07) is 0.637. The number of nitrogens with two attached hydrogens (primary N) is 1. The molecule has 4 heteroatoms. The van der Waals surface area contributed by atoms with Crippen LogP contribution in [0, 0.1) is 5.41 Å². The van der Waals surface area contributed by atoms with Crippen molar-refractivity contribution in [2.24, 2.45) is 16.1 Å². The smallest absolute Gasteiger partial charge is 0.192 e. The highest BCUT2D eigenvalue weighted by atomic mass is 32.2. The van der Waals surface area contributed by atoms with Crippen molar-refractivity contribution in [3.63, 3.8) is 0 Å². The van der Waals surface area contributed by atoms with Gasteiger partial charge in [0.2, 0.25) is 0 Å². The van der Waals surface area contributed by atoms with Gasteiger partial charge in [0, 0.05) is 11.8 Å². The second-order valence-electron chi connectivity index (χ2n) is 7.75. The first-order chi connectivity index (χ1) is 9.53. The van der Waals surface area contributed by atoms with Crippen LogP contribution in [-0.2, 0) is 0 Å². The zero-order valence-electron chi connectivity index (χ0n) is 13.0. The van der Waals surface area contributed by atoms with Gasteiger partial charge in [-0.3, -0.25) is 4.99 Å². The Balaban J connectivity index is 1.83. The third-order valence-corrected chi connectivity index (χ3v) is 6.88. The largest absolute Gasteiger partial charge is 0.370 e. The Labute approximate surface area is 127 Å². The van der Waals surface area contributed by atoms with Gasteiger partial charge < -0.3 is 10.6 Å². The normalized spacial score (nSPS) is 35.1. The van der Waals surface area contributed by atoms with Crippen LogP contribution >= 0.6 is 11.8 Å². The Hall–Kier alpha value is -0.380. The standard InChI is InChI=1S/C16H29N3S/c1-15(2)9-16(12-20-11-15)10-18-14(17)19(16)13-7-5-3-4-6-8-13/h13H,3-12H2,1-2H3,(H2,17,18). The molecule has 1 saturated carbocycles. The van der Waals surface area contributed by atoms with Crippen molar-refractivity contribution < 1.29 is 0 Å². The molecule has 3 aliphatic rings. The molecule has 1 aliphatic carbocycles. The van der Waals surface area contributed by atoms with Crippen LogP contribution in [0.15, 0.2) is 4.99 Å². The molecule has 0 aromatic heterocycles. The molecule has 3 rings (SSSR count). The van der Waals surface area contributed by atoms with Crippen molar-refractivity contribution in [3.8, 4) is 0 Å². The molecule has 114 valence electrons. The molecule has 0 aromatic rings. The fraction of sp³-hybridized carbons (Fsp3) is 0.938. The molecule has 2 heterocycles. The summed E-state index contributed by atoms with van der Waals surface area (Å²) < 4.78 is 0. The first kappa shape index (κ1) is 14.6. The van der Waals surface area contributed by atoms with Gasteiger partial charge in [-0.25, -0.2) is 0 Å². The van der Waals surface area contributed by atoms with Crippen LogP contribution in [0.4, 0.5) is 0 Å². The van der Waals surface area contributed by atoms with Gasteiger partial charge >= 0.3 is 0 Å². The van der Waals surface area contributed by atoms with Gasteiger partial charge in [-0.2, -0.15) is 11.8 Å². The van der Waals surface area contributed by atoms with Crippen LogP contribution < -0.4 is 5.73 Å². The predicted octanol–water partition coefficient (Wildman–Crippen LogP) is 3.24. The van der Waals surface area contributed by atoms with E-state index in [0.29, 0.717) is 11.5 Å². The van der Waals surface area contributed by atoms with Gasteiger partial charge in [-0.05, 0) is 30.4 Å². The van der Waals surface area contributed by atoms with E-state index >= 15 is 0 Å². The highest BCUT2D eigenvalue weighted by Crippen LogP contribution is 2.45. The third-order valence-electron chi connectivity index (χ3n) is 5.15. The molecule has 0 amide bonds. The van der Waals surface area contributed by atoms with Crippen LogP contribution in [0.3, 0.4) is 0 Å². The van der Waals surface area contributed by atoms with Gasteiger partial charge in [-0.15, -0.1) is 0 Å². The van der Waals surface area contributed by atoms with E-state index < -0.39 is 0 Å². The number of nitrogens with zero attached hydrogens (tertiary/aromatic N) is 2. The molecule has 20 heavy (non-hydrogen) atoms. The highest BCUT2D eigenvalue weighted by molar-refractivity contribution is 7.99. The van der Waals surface area contributed by atoms with E-state index in [1.807, 2.05) is 0 Å².